The second kappa shape index (κ2) is 9.60. The number of fused-ring (bicyclic) bond motifs is 1. The van der Waals surface area contributed by atoms with Crippen molar-refractivity contribution < 1.29 is 9.53 Å². The van der Waals surface area contributed by atoms with E-state index in [-0.39, 0.29) is 17.5 Å². The van der Waals surface area contributed by atoms with Gasteiger partial charge < -0.3 is 20.3 Å². The zero-order chi connectivity index (χ0) is 25.4. The number of aromatic nitrogens is 4. The lowest BCUT2D eigenvalue weighted by molar-refractivity contribution is 0.0900. The molecule has 37 heavy (non-hydrogen) atoms. The molecule has 0 bridgehead atoms. The van der Waals surface area contributed by atoms with Gasteiger partial charge in [-0.3, -0.25) is 4.79 Å². The van der Waals surface area contributed by atoms with Gasteiger partial charge in [-0.25, -0.2) is 14.6 Å². The van der Waals surface area contributed by atoms with E-state index >= 15 is 0 Å². The Hall–Kier alpha value is -3.76. The second-order valence-electron chi connectivity index (χ2n) is 10.1. The van der Waals surface area contributed by atoms with Crippen LogP contribution >= 0.6 is 11.3 Å². The molecular formula is C27H29N7O2S. The molecule has 2 aromatic heterocycles. The summed E-state index contributed by atoms with van der Waals surface area (Å²) in [7, 11) is 0. The fourth-order valence-corrected chi connectivity index (χ4v) is 6.02. The van der Waals surface area contributed by atoms with Crippen LogP contribution in [0, 0.1) is 0 Å². The van der Waals surface area contributed by atoms with E-state index in [1.807, 2.05) is 38.1 Å². The summed E-state index contributed by atoms with van der Waals surface area (Å²) in [5.74, 6) is -0.0218. The highest BCUT2D eigenvalue weighted by molar-refractivity contribution is 7.17. The Kier molecular flexibility index (Phi) is 6.13. The number of hydrogen-bond acceptors (Lipinski definition) is 8. The van der Waals surface area contributed by atoms with Crippen LogP contribution in [0.2, 0.25) is 0 Å². The Morgan fingerprint density at radius 1 is 1.19 bits per heavy atom. The topological polar surface area (TPSA) is 97.2 Å². The molecule has 4 heterocycles. The van der Waals surface area contributed by atoms with Crippen LogP contribution in [0.5, 0.6) is 0 Å². The van der Waals surface area contributed by atoms with Crippen LogP contribution in [0.4, 0.5) is 16.5 Å². The van der Waals surface area contributed by atoms with Gasteiger partial charge in [0.25, 0.3) is 5.91 Å². The third kappa shape index (κ3) is 5.07. The van der Waals surface area contributed by atoms with Gasteiger partial charge in [-0.15, -0.1) is 0 Å². The summed E-state index contributed by atoms with van der Waals surface area (Å²) in [6.45, 7) is 6.11. The number of anilines is 3. The lowest BCUT2D eigenvalue weighted by Crippen LogP contribution is -2.48. The van der Waals surface area contributed by atoms with Crippen molar-refractivity contribution in [1.82, 2.24) is 25.1 Å². The zero-order valence-electron chi connectivity index (χ0n) is 20.8. The van der Waals surface area contributed by atoms with Gasteiger partial charge in [0.1, 0.15) is 17.5 Å². The molecule has 1 fully saturated rings. The largest absolute Gasteiger partial charge is 0.377 e. The van der Waals surface area contributed by atoms with Gasteiger partial charge in [0.15, 0.2) is 5.13 Å². The van der Waals surface area contributed by atoms with Crippen molar-refractivity contribution in [1.29, 1.82) is 0 Å². The highest BCUT2D eigenvalue weighted by Gasteiger charge is 2.35. The number of thiazole rings is 1. The smallest absolute Gasteiger partial charge is 0.263 e. The maximum atomic E-state index is 12.6. The first-order valence-electron chi connectivity index (χ1n) is 12.4. The summed E-state index contributed by atoms with van der Waals surface area (Å²) < 4.78 is 7.60. The minimum atomic E-state index is -0.276. The quantitative estimate of drug-likeness (QED) is 0.401. The molecule has 0 spiro atoms. The summed E-state index contributed by atoms with van der Waals surface area (Å²) >= 11 is 1.49. The molecule has 2 N–H and O–H groups in total. The van der Waals surface area contributed by atoms with Crippen LogP contribution in [0.3, 0.4) is 0 Å². The number of benzene rings is 2. The summed E-state index contributed by atoms with van der Waals surface area (Å²) in [5, 5.41) is 11.7. The van der Waals surface area contributed by atoms with Gasteiger partial charge in [-0.2, -0.15) is 5.10 Å². The summed E-state index contributed by atoms with van der Waals surface area (Å²) in [5.41, 5.74) is 4.76. The molecule has 0 radical (unpaired) electrons. The van der Waals surface area contributed by atoms with E-state index in [1.165, 1.54) is 23.2 Å². The molecule has 6 rings (SSSR count). The molecule has 9 nitrogen and oxygen atoms in total. The highest BCUT2D eigenvalue weighted by atomic mass is 32.1. The summed E-state index contributed by atoms with van der Waals surface area (Å²) in [6.07, 6.45) is 4.77. The number of nitrogens with zero attached hydrogens (tertiary/aromatic N) is 5. The Morgan fingerprint density at radius 3 is 2.86 bits per heavy atom. The lowest BCUT2D eigenvalue weighted by atomic mass is 9.94. The third-order valence-corrected chi connectivity index (χ3v) is 7.78. The molecule has 10 heteroatoms. The first-order valence-corrected chi connectivity index (χ1v) is 13.2. The predicted molar refractivity (Wildman–Crippen MR) is 144 cm³/mol. The van der Waals surface area contributed by atoms with E-state index in [2.05, 4.69) is 49.9 Å². The minimum Gasteiger partial charge on any atom is -0.377 e. The van der Waals surface area contributed by atoms with E-state index in [9.17, 15) is 4.79 Å². The number of amides is 1. The van der Waals surface area contributed by atoms with Crippen LogP contribution in [0.25, 0.3) is 5.69 Å². The van der Waals surface area contributed by atoms with E-state index in [0.717, 1.165) is 52.2 Å². The second-order valence-corrected chi connectivity index (χ2v) is 11.1. The van der Waals surface area contributed by atoms with Crippen LogP contribution in [-0.4, -0.2) is 57.0 Å². The Bertz CT molecular complexity index is 1420. The van der Waals surface area contributed by atoms with Crippen LogP contribution in [0.1, 0.15) is 34.8 Å². The number of morpholine rings is 1. The van der Waals surface area contributed by atoms with Gasteiger partial charge in [-0.05, 0) is 56.2 Å². The minimum absolute atomic E-state index is 0.0218. The molecule has 4 aromatic rings. The molecule has 2 aliphatic rings. The fraction of sp³-hybridized carbons (Fsp3) is 0.333. The van der Waals surface area contributed by atoms with Crippen LogP contribution < -0.4 is 15.5 Å². The fourth-order valence-electron chi connectivity index (χ4n) is 4.94. The van der Waals surface area contributed by atoms with Crippen molar-refractivity contribution in [3.05, 3.63) is 77.3 Å². The van der Waals surface area contributed by atoms with Crippen LogP contribution in [-0.2, 0) is 17.6 Å². The molecule has 2 aliphatic heterocycles. The zero-order valence-corrected chi connectivity index (χ0v) is 21.7. The van der Waals surface area contributed by atoms with Crippen molar-refractivity contribution in [2.45, 2.75) is 38.3 Å². The SMILES string of the molecule is CC1(C)Cc2nc(N3CCOCC3Cc3cccc(Nc4cccc(-n5cncn5)c4)c3)sc2C(=O)N1. The first-order chi connectivity index (χ1) is 17.9. The average Bonchev–Trinajstić information content (AvgIpc) is 3.55. The maximum Gasteiger partial charge on any atom is 0.263 e. The van der Waals surface area contributed by atoms with Gasteiger partial charge in [-0.1, -0.05) is 29.5 Å². The van der Waals surface area contributed by atoms with E-state index in [1.54, 1.807) is 11.0 Å². The Morgan fingerprint density at radius 2 is 2.03 bits per heavy atom. The number of carbonyl (C=O) groups is 1. The van der Waals surface area contributed by atoms with Crippen molar-refractivity contribution in [2.75, 3.05) is 30.0 Å². The first kappa shape index (κ1) is 23.6. The molecule has 1 amide bonds. The molecule has 190 valence electrons. The van der Waals surface area contributed by atoms with Gasteiger partial charge >= 0.3 is 0 Å². The number of rotatable bonds is 6. The van der Waals surface area contributed by atoms with Crippen molar-refractivity contribution >= 4 is 33.8 Å². The molecule has 0 saturated carbocycles. The standard InChI is InChI=1S/C27H29N7O2S/c1-27(2)14-23-24(25(35)32-27)37-26(31-23)33-9-10-36-15-22(33)12-18-5-3-6-19(11-18)30-20-7-4-8-21(13-20)34-17-28-16-29-34/h3-8,11,13,16-17,22,30H,9-10,12,14-15H2,1-2H3,(H,32,35). The Labute approximate surface area is 219 Å². The molecule has 0 aliphatic carbocycles. The van der Waals surface area contributed by atoms with Gasteiger partial charge in [0.05, 0.1) is 30.6 Å². The molecule has 1 unspecified atom stereocenters. The highest BCUT2D eigenvalue weighted by Crippen LogP contribution is 2.34. The van der Waals surface area contributed by atoms with E-state index in [4.69, 9.17) is 9.72 Å². The van der Waals surface area contributed by atoms with Gasteiger partial charge in [0, 0.05) is 29.9 Å². The number of hydrogen-bond donors (Lipinski definition) is 2. The van der Waals surface area contributed by atoms with E-state index in [0.29, 0.717) is 13.2 Å². The predicted octanol–water partition coefficient (Wildman–Crippen LogP) is 3.98. The number of nitrogens with one attached hydrogen (secondary N) is 2. The Balaban J connectivity index is 1.19. The van der Waals surface area contributed by atoms with Crippen molar-refractivity contribution in [3.63, 3.8) is 0 Å². The molecule has 2 aromatic carbocycles. The normalized spacial score (nSPS) is 18.8. The van der Waals surface area contributed by atoms with E-state index < -0.39 is 0 Å². The number of ether oxygens (including phenoxy) is 1. The van der Waals surface area contributed by atoms with Crippen molar-refractivity contribution in [2.24, 2.45) is 0 Å². The maximum absolute atomic E-state index is 12.6. The van der Waals surface area contributed by atoms with Crippen molar-refractivity contribution in [3.8, 4) is 5.69 Å². The van der Waals surface area contributed by atoms with Crippen LogP contribution in [0.15, 0.2) is 61.2 Å². The monoisotopic (exact) mass is 515 g/mol. The summed E-state index contributed by atoms with van der Waals surface area (Å²) in [4.78, 5) is 24.6. The average molecular weight is 516 g/mol. The molecule has 1 atom stereocenters. The molecular weight excluding hydrogens is 486 g/mol. The lowest BCUT2D eigenvalue weighted by Gasteiger charge is -2.35. The summed E-state index contributed by atoms with van der Waals surface area (Å²) in [6, 6.07) is 16.7. The number of carbonyl (C=O) groups excluding carboxylic acids is 1. The molecule has 1 saturated heterocycles. The van der Waals surface area contributed by atoms with Gasteiger partial charge in [0.2, 0.25) is 0 Å². The third-order valence-electron chi connectivity index (χ3n) is 6.64.